The number of amides is 2. The molecule has 0 aliphatic carbocycles. The van der Waals surface area contributed by atoms with Gasteiger partial charge in [-0.1, -0.05) is 30.7 Å². The molecule has 2 N–H and O–H groups in total. The summed E-state index contributed by atoms with van der Waals surface area (Å²) >= 11 is 6.02. The van der Waals surface area contributed by atoms with Crippen LogP contribution in [0.3, 0.4) is 0 Å². The van der Waals surface area contributed by atoms with Crippen LogP contribution in [0.1, 0.15) is 26.7 Å². The van der Waals surface area contributed by atoms with Crippen LogP contribution in [-0.2, 0) is 0 Å². The van der Waals surface area contributed by atoms with Crippen molar-refractivity contribution in [3.63, 3.8) is 0 Å². The quantitative estimate of drug-likeness (QED) is 0.893. The van der Waals surface area contributed by atoms with Crippen molar-refractivity contribution in [2.24, 2.45) is 5.92 Å². The number of likely N-dealkylation sites (tertiary alicyclic amines) is 1. The Morgan fingerprint density at radius 2 is 2.24 bits per heavy atom. The highest BCUT2D eigenvalue weighted by Crippen LogP contribution is 2.20. The molecule has 0 unspecified atom stereocenters. The molecule has 0 aromatic heterocycles. The van der Waals surface area contributed by atoms with E-state index in [2.05, 4.69) is 29.4 Å². The third kappa shape index (κ3) is 4.90. The van der Waals surface area contributed by atoms with Crippen LogP contribution in [0.15, 0.2) is 24.3 Å². The molecule has 4 nitrogen and oxygen atoms in total. The zero-order valence-corrected chi connectivity index (χ0v) is 13.5. The molecular weight excluding hydrogens is 286 g/mol. The van der Waals surface area contributed by atoms with Gasteiger partial charge >= 0.3 is 6.03 Å². The van der Waals surface area contributed by atoms with E-state index in [0.29, 0.717) is 23.3 Å². The minimum Gasteiger partial charge on any atom is -0.336 e. The number of carbonyl (C=O) groups is 1. The Bertz CT molecular complexity index is 480. The van der Waals surface area contributed by atoms with E-state index >= 15 is 0 Å². The lowest BCUT2D eigenvalue weighted by molar-refractivity contribution is 0.138. The monoisotopic (exact) mass is 309 g/mol. The molecule has 0 radical (unpaired) electrons. The van der Waals surface area contributed by atoms with Crippen molar-refractivity contribution in [3.05, 3.63) is 29.3 Å². The predicted molar refractivity (Wildman–Crippen MR) is 87.9 cm³/mol. The molecule has 2 rings (SSSR count). The fraction of sp³-hybridized carbons (Fsp3) is 0.562. The Morgan fingerprint density at radius 3 is 2.95 bits per heavy atom. The zero-order valence-electron chi connectivity index (χ0n) is 12.7. The molecule has 2 amide bonds. The number of hydrogen-bond acceptors (Lipinski definition) is 2. The van der Waals surface area contributed by atoms with Gasteiger partial charge in [0.2, 0.25) is 0 Å². The highest BCUT2D eigenvalue weighted by atomic mass is 35.5. The van der Waals surface area contributed by atoms with E-state index in [9.17, 15) is 4.79 Å². The van der Waals surface area contributed by atoms with Gasteiger partial charge in [0.05, 0.1) is 10.7 Å². The highest BCUT2D eigenvalue weighted by Gasteiger charge is 2.21. The lowest BCUT2D eigenvalue weighted by Gasteiger charge is -2.35. The summed E-state index contributed by atoms with van der Waals surface area (Å²) in [7, 11) is 0. The van der Waals surface area contributed by atoms with Crippen molar-refractivity contribution in [1.82, 2.24) is 10.2 Å². The van der Waals surface area contributed by atoms with Crippen LogP contribution in [0.5, 0.6) is 0 Å². The molecule has 2 atom stereocenters. The molecule has 1 fully saturated rings. The first kappa shape index (κ1) is 16.1. The topological polar surface area (TPSA) is 44.4 Å². The molecular formula is C16H24ClN3O. The number of carbonyl (C=O) groups excluding carboxylic acids is 1. The molecule has 0 spiro atoms. The minimum atomic E-state index is -0.208. The first-order valence-corrected chi connectivity index (χ1v) is 7.97. The van der Waals surface area contributed by atoms with Crippen molar-refractivity contribution < 1.29 is 4.79 Å². The van der Waals surface area contributed by atoms with E-state index in [0.717, 1.165) is 19.0 Å². The van der Waals surface area contributed by atoms with Gasteiger partial charge in [-0.05, 0) is 44.4 Å². The van der Waals surface area contributed by atoms with Gasteiger partial charge in [0.25, 0.3) is 0 Å². The van der Waals surface area contributed by atoms with Gasteiger partial charge in [0.15, 0.2) is 0 Å². The van der Waals surface area contributed by atoms with Crippen LogP contribution in [0, 0.1) is 5.92 Å². The number of piperidine rings is 1. The van der Waals surface area contributed by atoms with Crippen LogP contribution >= 0.6 is 11.6 Å². The lowest BCUT2D eigenvalue weighted by Crippen LogP contribution is -2.47. The fourth-order valence-corrected chi connectivity index (χ4v) is 2.91. The summed E-state index contributed by atoms with van der Waals surface area (Å²) in [5.41, 5.74) is 0.635. The molecule has 1 aliphatic rings. The van der Waals surface area contributed by atoms with Crippen molar-refractivity contribution in [3.8, 4) is 0 Å². The normalized spacial score (nSPS) is 20.8. The third-order valence-electron chi connectivity index (χ3n) is 3.99. The second kappa shape index (κ2) is 7.66. The number of nitrogens with zero attached hydrogens (tertiary/aromatic N) is 1. The van der Waals surface area contributed by atoms with E-state index in [1.165, 1.54) is 12.8 Å². The second-order valence-electron chi connectivity index (χ2n) is 5.91. The molecule has 1 aromatic rings. The highest BCUT2D eigenvalue weighted by molar-refractivity contribution is 6.33. The molecule has 21 heavy (non-hydrogen) atoms. The van der Waals surface area contributed by atoms with Crippen LogP contribution in [0.4, 0.5) is 10.5 Å². The summed E-state index contributed by atoms with van der Waals surface area (Å²) in [6.45, 7) is 7.33. The smallest absolute Gasteiger partial charge is 0.319 e. The predicted octanol–water partition coefficient (Wildman–Crippen LogP) is 3.58. The molecule has 0 saturated carbocycles. The fourth-order valence-electron chi connectivity index (χ4n) is 2.72. The van der Waals surface area contributed by atoms with Gasteiger partial charge in [-0.2, -0.15) is 0 Å². The number of para-hydroxylation sites is 1. The average Bonchev–Trinajstić information content (AvgIpc) is 2.47. The van der Waals surface area contributed by atoms with Crippen LogP contribution in [-0.4, -0.2) is 36.6 Å². The number of anilines is 1. The van der Waals surface area contributed by atoms with Crippen LogP contribution in [0.25, 0.3) is 0 Å². The Hall–Kier alpha value is -1.26. The van der Waals surface area contributed by atoms with E-state index in [4.69, 9.17) is 11.6 Å². The lowest BCUT2D eigenvalue weighted by atomic mass is 9.99. The maximum atomic E-state index is 11.9. The molecule has 1 aromatic carbocycles. The van der Waals surface area contributed by atoms with E-state index < -0.39 is 0 Å². The first-order valence-electron chi connectivity index (χ1n) is 7.59. The van der Waals surface area contributed by atoms with Gasteiger partial charge in [-0.15, -0.1) is 0 Å². The summed E-state index contributed by atoms with van der Waals surface area (Å²) in [6, 6.07) is 7.38. The molecule has 1 saturated heterocycles. The van der Waals surface area contributed by atoms with Crippen molar-refractivity contribution in [2.75, 3.05) is 25.0 Å². The Labute approximate surface area is 131 Å². The number of benzene rings is 1. The first-order chi connectivity index (χ1) is 10.1. The summed E-state index contributed by atoms with van der Waals surface area (Å²) in [5.74, 6) is 0.748. The van der Waals surface area contributed by atoms with E-state index in [1.54, 1.807) is 12.1 Å². The SMILES string of the molecule is C[C@H]1CCCN([C@H](C)CNC(=O)Nc2ccccc2Cl)C1. The van der Waals surface area contributed by atoms with Gasteiger partial charge in [0, 0.05) is 19.1 Å². The minimum absolute atomic E-state index is 0.208. The second-order valence-corrected chi connectivity index (χ2v) is 6.31. The van der Waals surface area contributed by atoms with Gasteiger partial charge in [0.1, 0.15) is 0 Å². The number of halogens is 1. The number of nitrogens with one attached hydrogen (secondary N) is 2. The summed E-state index contributed by atoms with van der Waals surface area (Å²) in [4.78, 5) is 14.4. The van der Waals surface area contributed by atoms with Crippen LogP contribution < -0.4 is 10.6 Å². The van der Waals surface area contributed by atoms with Gasteiger partial charge < -0.3 is 10.6 Å². The molecule has 116 valence electrons. The number of rotatable bonds is 4. The number of urea groups is 1. The molecule has 1 aliphatic heterocycles. The van der Waals surface area contributed by atoms with Gasteiger partial charge in [-0.25, -0.2) is 4.79 Å². The van der Waals surface area contributed by atoms with Gasteiger partial charge in [-0.3, -0.25) is 4.90 Å². The average molecular weight is 310 g/mol. The van der Waals surface area contributed by atoms with E-state index in [-0.39, 0.29) is 6.03 Å². The summed E-state index contributed by atoms with van der Waals surface area (Å²) < 4.78 is 0. The van der Waals surface area contributed by atoms with Crippen molar-refractivity contribution >= 4 is 23.3 Å². The molecule has 5 heteroatoms. The summed E-state index contributed by atoms with van der Waals surface area (Å²) in [5, 5.41) is 6.24. The standard InChI is InChI=1S/C16H24ClN3O/c1-12-6-5-9-20(11-12)13(2)10-18-16(21)19-15-8-4-3-7-14(15)17/h3-4,7-8,12-13H,5-6,9-11H2,1-2H3,(H2,18,19,21)/t12-,13+/m0/s1. The molecule has 1 heterocycles. The largest absolute Gasteiger partial charge is 0.336 e. The van der Waals surface area contributed by atoms with Crippen molar-refractivity contribution in [2.45, 2.75) is 32.7 Å². The van der Waals surface area contributed by atoms with E-state index in [1.807, 2.05) is 12.1 Å². The van der Waals surface area contributed by atoms with Crippen LogP contribution in [0.2, 0.25) is 5.02 Å². The number of hydrogen-bond donors (Lipinski definition) is 2. The summed E-state index contributed by atoms with van der Waals surface area (Å²) in [6.07, 6.45) is 2.56. The van der Waals surface area contributed by atoms with Crippen molar-refractivity contribution in [1.29, 1.82) is 0 Å². The Kier molecular flexibility index (Phi) is 5.88. The Morgan fingerprint density at radius 1 is 1.48 bits per heavy atom. The molecule has 0 bridgehead atoms. The maximum Gasteiger partial charge on any atom is 0.319 e. The Balaban J connectivity index is 1.77. The zero-order chi connectivity index (χ0) is 15.2. The maximum absolute atomic E-state index is 11.9. The third-order valence-corrected chi connectivity index (χ3v) is 4.32.